The van der Waals surface area contributed by atoms with Gasteiger partial charge in [-0.25, -0.2) is 0 Å². The van der Waals surface area contributed by atoms with Crippen molar-refractivity contribution in [3.8, 4) is 0 Å². The van der Waals surface area contributed by atoms with Gasteiger partial charge in [0.05, 0.1) is 18.6 Å². The van der Waals surface area contributed by atoms with E-state index in [0.717, 1.165) is 51.1 Å². The Labute approximate surface area is 187 Å². The summed E-state index contributed by atoms with van der Waals surface area (Å²) in [5.41, 5.74) is 0.961. The molecule has 1 N–H and O–H groups in total. The maximum Gasteiger partial charge on any atom is 0.245 e. The summed E-state index contributed by atoms with van der Waals surface area (Å²) in [7, 11) is 0. The van der Waals surface area contributed by atoms with Gasteiger partial charge in [0.2, 0.25) is 11.8 Å². The molecule has 2 fully saturated rings. The molecule has 1 aromatic carbocycles. The number of morpholine rings is 1. The first-order chi connectivity index (χ1) is 14.8. The lowest BCUT2D eigenvalue weighted by Crippen LogP contribution is -2.54. The van der Waals surface area contributed by atoms with Crippen LogP contribution in [0.1, 0.15) is 46.1 Å². The maximum absolute atomic E-state index is 13.2. The van der Waals surface area contributed by atoms with Gasteiger partial charge in [0.1, 0.15) is 6.04 Å². The van der Waals surface area contributed by atoms with Gasteiger partial charge >= 0.3 is 0 Å². The van der Waals surface area contributed by atoms with E-state index < -0.39 is 6.04 Å². The SMILES string of the molecule is CC1CN(CC2CCN(C(=O)C(NC(=O)Cc3ccccc3)C(C)C)CC2)CC(C)O1. The van der Waals surface area contributed by atoms with Crippen LogP contribution in [-0.4, -0.2) is 72.6 Å². The standard InChI is InChI=1S/C25H39N3O3/c1-18(2)24(26-23(29)14-21-8-6-5-7-9-21)25(30)28-12-10-22(11-13-28)17-27-15-19(3)31-20(4)16-27/h5-9,18-20,22,24H,10-17H2,1-4H3,(H,26,29). The number of nitrogens with zero attached hydrogens (tertiary/aromatic N) is 2. The van der Waals surface area contributed by atoms with Gasteiger partial charge in [-0.2, -0.15) is 0 Å². The molecule has 3 unspecified atom stereocenters. The van der Waals surface area contributed by atoms with Gasteiger partial charge in [-0.3, -0.25) is 14.5 Å². The quantitative estimate of drug-likeness (QED) is 0.724. The Bertz CT molecular complexity index is 706. The van der Waals surface area contributed by atoms with Crippen LogP contribution < -0.4 is 5.32 Å². The first-order valence-corrected chi connectivity index (χ1v) is 11.8. The Kier molecular flexibility index (Phi) is 8.50. The van der Waals surface area contributed by atoms with E-state index in [-0.39, 0.29) is 29.9 Å². The van der Waals surface area contributed by atoms with Crippen LogP contribution in [0.2, 0.25) is 0 Å². The second-order valence-electron chi connectivity index (χ2n) is 9.70. The number of amides is 2. The van der Waals surface area contributed by atoms with Crippen LogP contribution in [0.5, 0.6) is 0 Å². The fourth-order valence-corrected chi connectivity index (χ4v) is 4.85. The highest BCUT2D eigenvalue weighted by molar-refractivity contribution is 5.88. The molecule has 0 aliphatic carbocycles. The maximum atomic E-state index is 13.2. The van der Waals surface area contributed by atoms with E-state index in [9.17, 15) is 9.59 Å². The third kappa shape index (κ3) is 7.04. The molecule has 2 amide bonds. The number of benzene rings is 1. The predicted octanol–water partition coefficient (Wildman–Crippen LogP) is 2.72. The zero-order valence-electron chi connectivity index (χ0n) is 19.5. The molecule has 0 bridgehead atoms. The van der Waals surface area contributed by atoms with E-state index in [1.54, 1.807) is 0 Å². The number of hydrogen-bond donors (Lipinski definition) is 1. The molecule has 3 rings (SSSR count). The van der Waals surface area contributed by atoms with Crippen LogP contribution in [-0.2, 0) is 20.7 Å². The van der Waals surface area contributed by atoms with Gasteiger partial charge in [0, 0.05) is 32.7 Å². The fraction of sp³-hybridized carbons (Fsp3) is 0.680. The molecule has 6 nitrogen and oxygen atoms in total. The average molecular weight is 430 g/mol. The van der Waals surface area contributed by atoms with Gasteiger partial charge in [0.15, 0.2) is 0 Å². The molecule has 0 aromatic heterocycles. The number of carbonyl (C=O) groups is 2. The van der Waals surface area contributed by atoms with Gasteiger partial charge in [-0.05, 0) is 44.1 Å². The zero-order chi connectivity index (χ0) is 22.4. The summed E-state index contributed by atoms with van der Waals surface area (Å²) in [6, 6.07) is 9.20. The minimum Gasteiger partial charge on any atom is -0.373 e. The molecule has 0 radical (unpaired) electrons. The normalized spacial score (nSPS) is 24.2. The third-order valence-electron chi connectivity index (χ3n) is 6.39. The van der Waals surface area contributed by atoms with Gasteiger partial charge in [-0.1, -0.05) is 44.2 Å². The van der Waals surface area contributed by atoms with Crippen molar-refractivity contribution < 1.29 is 14.3 Å². The summed E-state index contributed by atoms with van der Waals surface area (Å²) in [5, 5.41) is 3.00. The van der Waals surface area contributed by atoms with Crippen molar-refractivity contribution in [1.29, 1.82) is 0 Å². The molecule has 2 saturated heterocycles. The number of rotatable bonds is 7. The Balaban J connectivity index is 1.48. The highest BCUT2D eigenvalue weighted by Gasteiger charge is 2.32. The predicted molar refractivity (Wildman–Crippen MR) is 123 cm³/mol. The molecule has 2 heterocycles. The van der Waals surface area contributed by atoms with Crippen molar-refractivity contribution in [1.82, 2.24) is 15.1 Å². The summed E-state index contributed by atoms with van der Waals surface area (Å²) in [6.07, 6.45) is 2.92. The summed E-state index contributed by atoms with van der Waals surface area (Å²) in [6.45, 7) is 12.9. The number of nitrogens with one attached hydrogen (secondary N) is 1. The second kappa shape index (κ2) is 11.1. The minimum atomic E-state index is -0.464. The first-order valence-electron chi connectivity index (χ1n) is 11.8. The van der Waals surface area contributed by atoms with E-state index in [1.165, 1.54) is 0 Å². The van der Waals surface area contributed by atoms with Gasteiger partial charge in [-0.15, -0.1) is 0 Å². The van der Waals surface area contributed by atoms with E-state index in [2.05, 4.69) is 24.1 Å². The van der Waals surface area contributed by atoms with Crippen LogP contribution in [0.25, 0.3) is 0 Å². The molecule has 6 heteroatoms. The van der Waals surface area contributed by atoms with Crippen molar-refractivity contribution >= 4 is 11.8 Å². The minimum absolute atomic E-state index is 0.0567. The van der Waals surface area contributed by atoms with Crippen LogP contribution >= 0.6 is 0 Å². The highest BCUT2D eigenvalue weighted by Crippen LogP contribution is 2.22. The first kappa shape index (κ1) is 23.7. The largest absolute Gasteiger partial charge is 0.373 e. The van der Waals surface area contributed by atoms with E-state index in [1.807, 2.05) is 49.1 Å². The number of likely N-dealkylation sites (tertiary alicyclic amines) is 1. The molecule has 3 atom stereocenters. The summed E-state index contributed by atoms with van der Waals surface area (Å²) >= 11 is 0. The number of hydrogen-bond acceptors (Lipinski definition) is 4. The molecule has 2 aliphatic heterocycles. The third-order valence-corrected chi connectivity index (χ3v) is 6.39. The summed E-state index contributed by atoms with van der Waals surface area (Å²) < 4.78 is 5.84. The number of piperidine rings is 1. The molecule has 31 heavy (non-hydrogen) atoms. The number of ether oxygens (including phenoxy) is 1. The monoisotopic (exact) mass is 429 g/mol. The Morgan fingerprint density at radius 3 is 2.26 bits per heavy atom. The van der Waals surface area contributed by atoms with E-state index in [0.29, 0.717) is 12.3 Å². The van der Waals surface area contributed by atoms with Crippen molar-refractivity contribution in [2.75, 3.05) is 32.7 Å². The Morgan fingerprint density at radius 2 is 1.68 bits per heavy atom. The van der Waals surface area contributed by atoms with Crippen molar-refractivity contribution in [3.63, 3.8) is 0 Å². The molecule has 0 saturated carbocycles. The summed E-state index contributed by atoms with van der Waals surface area (Å²) in [5.74, 6) is 0.639. The van der Waals surface area contributed by atoms with Crippen LogP contribution in [0, 0.1) is 11.8 Å². The molecular formula is C25H39N3O3. The Hall–Kier alpha value is -1.92. The average Bonchev–Trinajstić information content (AvgIpc) is 2.72. The smallest absolute Gasteiger partial charge is 0.245 e. The Morgan fingerprint density at radius 1 is 1.06 bits per heavy atom. The molecule has 1 aromatic rings. The van der Waals surface area contributed by atoms with Crippen molar-refractivity contribution in [3.05, 3.63) is 35.9 Å². The van der Waals surface area contributed by atoms with E-state index in [4.69, 9.17) is 4.74 Å². The molecule has 0 spiro atoms. The van der Waals surface area contributed by atoms with Crippen LogP contribution in [0.3, 0.4) is 0 Å². The van der Waals surface area contributed by atoms with Crippen molar-refractivity contribution in [2.24, 2.45) is 11.8 Å². The van der Waals surface area contributed by atoms with Gasteiger partial charge in [0.25, 0.3) is 0 Å². The van der Waals surface area contributed by atoms with Gasteiger partial charge < -0.3 is 15.0 Å². The lowest BCUT2D eigenvalue weighted by molar-refractivity contribution is -0.139. The fourth-order valence-electron chi connectivity index (χ4n) is 4.85. The lowest BCUT2D eigenvalue weighted by atomic mass is 9.94. The van der Waals surface area contributed by atoms with Crippen LogP contribution in [0.4, 0.5) is 0 Å². The van der Waals surface area contributed by atoms with E-state index >= 15 is 0 Å². The highest BCUT2D eigenvalue weighted by atomic mass is 16.5. The summed E-state index contributed by atoms with van der Waals surface area (Å²) in [4.78, 5) is 30.2. The lowest BCUT2D eigenvalue weighted by Gasteiger charge is -2.40. The number of carbonyl (C=O) groups excluding carboxylic acids is 2. The van der Waals surface area contributed by atoms with Crippen molar-refractivity contribution in [2.45, 2.75) is 65.2 Å². The van der Waals surface area contributed by atoms with Crippen LogP contribution in [0.15, 0.2) is 30.3 Å². The molecule has 2 aliphatic rings. The molecule has 172 valence electrons. The molecular weight excluding hydrogens is 390 g/mol. The topological polar surface area (TPSA) is 61.9 Å². The zero-order valence-corrected chi connectivity index (χ0v) is 19.5. The second-order valence-corrected chi connectivity index (χ2v) is 9.70.